The molecule has 0 atom stereocenters. The lowest BCUT2D eigenvalue weighted by Crippen LogP contribution is -2.06. The van der Waals surface area contributed by atoms with Gasteiger partial charge in [-0.05, 0) is 33.0 Å². The van der Waals surface area contributed by atoms with Crippen LogP contribution in [0.25, 0.3) is 0 Å². The third-order valence-electron chi connectivity index (χ3n) is 2.21. The van der Waals surface area contributed by atoms with Gasteiger partial charge in [-0.3, -0.25) is 0 Å². The number of hydrazone groups is 1. The highest BCUT2D eigenvalue weighted by molar-refractivity contribution is 7.71. The molecule has 0 unspecified atom stereocenters. The van der Waals surface area contributed by atoms with E-state index in [2.05, 4.69) is 15.1 Å². The van der Waals surface area contributed by atoms with Crippen LogP contribution in [-0.4, -0.2) is 26.1 Å². The highest BCUT2D eigenvalue weighted by atomic mass is 32.1. The minimum Gasteiger partial charge on any atom is -0.244 e. The quantitative estimate of drug-likeness (QED) is 0.584. The van der Waals surface area contributed by atoms with Crippen molar-refractivity contribution in [2.24, 2.45) is 5.10 Å². The van der Waals surface area contributed by atoms with Crippen molar-refractivity contribution in [2.45, 2.75) is 27.2 Å². The summed E-state index contributed by atoms with van der Waals surface area (Å²) >= 11 is 5.08. The van der Waals surface area contributed by atoms with Gasteiger partial charge in [0.2, 0.25) is 4.64 Å². The summed E-state index contributed by atoms with van der Waals surface area (Å²) in [6.45, 7) is 6.01. The molecule has 5 heteroatoms. The van der Waals surface area contributed by atoms with Crippen molar-refractivity contribution < 1.29 is 4.68 Å². The summed E-state index contributed by atoms with van der Waals surface area (Å²) in [7, 11) is 0. The van der Waals surface area contributed by atoms with Crippen molar-refractivity contribution in [3.05, 3.63) is 16.4 Å². The zero-order valence-electron chi connectivity index (χ0n) is 9.03. The summed E-state index contributed by atoms with van der Waals surface area (Å²) in [5, 5.41) is 4.39. The summed E-state index contributed by atoms with van der Waals surface area (Å²) < 4.78 is 2.41. The lowest BCUT2D eigenvalue weighted by molar-refractivity contribution is -0.451. The Morgan fingerprint density at radius 1 is 1.40 bits per heavy atom. The van der Waals surface area contributed by atoms with Gasteiger partial charge in [-0.1, -0.05) is 4.98 Å². The van der Waals surface area contributed by atoms with Gasteiger partial charge in [0.25, 0.3) is 0 Å². The molecular formula is C10H13N4S+. The van der Waals surface area contributed by atoms with Crippen LogP contribution in [-0.2, 0) is 0 Å². The molecule has 0 spiro atoms. The van der Waals surface area contributed by atoms with E-state index >= 15 is 0 Å². The maximum atomic E-state index is 5.08. The average molecular weight is 221 g/mol. The van der Waals surface area contributed by atoms with Crippen molar-refractivity contribution in [1.29, 1.82) is 0 Å². The first-order chi connectivity index (χ1) is 7.06. The fourth-order valence-electron chi connectivity index (χ4n) is 1.63. The molecule has 0 aliphatic carbocycles. The molecule has 1 N–H and O–H groups in total. The molecule has 0 fully saturated rings. The van der Waals surface area contributed by atoms with Crippen molar-refractivity contribution in [2.75, 3.05) is 0 Å². The molecule has 0 saturated heterocycles. The smallest absolute Gasteiger partial charge is 0.244 e. The largest absolute Gasteiger partial charge is 0.421 e. The van der Waals surface area contributed by atoms with Gasteiger partial charge in [0, 0.05) is 12.5 Å². The van der Waals surface area contributed by atoms with Crippen LogP contribution in [0.3, 0.4) is 0 Å². The Hall–Kier alpha value is -1.36. The molecule has 0 amide bonds. The van der Waals surface area contributed by atoms with Gasteiger partial charge in [0.15, 0.2) is 0 Å². The normalized spacial score (nSPS) is 15.8. The molecule has 78 valence electrons. The maximum Gasteiger partial charge on any atom is 0.421 e. The molecule has 0 bridgehead atoms. The number of nitrogens with one attached hydrogen (secondary N) is 1. The number of hydrogen-bond acceptors (Lipinski definition) is 3. The van der Waals surface area contributed by atoms with Crippen LogP contribution >= 0.6 is 12.2 Å². The molecule has 2 heterocycles. The van der Waals surface area contributed by atoms with Crippen molar-refractivity contribution in [3.63, 3.8) is 0 Å². The average Bonchev–Trinajstić information content (AvgIpc) is 2.43. The molecule has 1 aromatic rings. The van der Waals surface area contributed by atoms with E-state index in [1.165, 1.54) is 0 Å². The predicted octanol–water partition coefficient (Wildman–Crippen LogP) is 2.33. The standard InChI is InChI=1S/C10H12N4S/c1-6-5-9(15)12-10(11-6)14-8(3)4-7(2)13-14/h5H,4H2,1-3H3/p+1. The van der Waals surface area contributed by atoms with Gasteiger partial charge in [-0.25, -0.2) is 4.98 Å². The van der Waals surface area contributed by atoms with E-state index in [-0.39, 0.29) is 0 Å². The Balaban J connectivity index is 2.55. The lowest BCUT2D eigenvalue weighted by Gasteiger charge is -1.96. The van der Waals surface area contributed by atoms with Crippen LogP contribution in [0, 0.1) is 11.6 Å². The van der Waals surface area contributed by atoms with Gasteiger partial charge in [0.05, 0.1) is 17.1 Å². The molecule has 0 aromatic carbocycles. The maximum absolute atomic E-state index is 5.08. The Morgan fingerprint density at radius 2 is 2.13 bits per heavy atom. The second-order valence-electron chi connectivity index (χ2n) is 3.79. The minimum atomic E-state index is 0.591. The Labute approximate surface area is 93.4 Å². The van der Waals surface area contributed by atoms with E-state index in [4.69, 9.17) is 12.2 Å². The Morgan fingerprint density at radius 3 is 2.67 bits per heavy atom. The van der Waals surface area contributed by atoms with Crippen LogP contribution < -0.4 is 0 Å². The SMILES string of the molecule is CC1=N[N+](c2nc(=S)cc(C)[nH]2)=C(C)C1. The molecule has 1 aliphatic rings. The van der Waals surface area contributed by atoms with Crippen molar-refractivity contribution >= 4 is 29.6 Å². The zero-order valence-corrected chi connectivity index (χ0v) is 9.85. The molecule has 2 rings (SSSR count). The lowest BCUT2D eigenvalue weighted by atomic mass is 10.2. The van der Waals surface area contributed by atoms with Crippen LogP contribution in [0.2, 0.25) is 0 Å². The zero-order chi connectivity index (χ0) is 11.0. The number of aryl methyl sites for hydroxylation is 1. The van der Waals surface area contributed by atoms with Crippen molar-refractivity contribution in [3.8, 4) is 0 Å². The van der Waals surface area contributed by atoms with E-state index in [0.29, 0.717) is 10.6 Å². The third-order valence-corrected chi connectivity index (χ3v) is 2.42. The molecule has 1 aromatic heterocycles. The fraction of sp³-hybridized carbons (Fsp3) is 0.400. The third kappa shape index (κ3) is 2.02. The molecule has 0 radical (unpaired) electrons. The van der Waals surface area contributed by atoms with Gasteiger partial charge < -0.3 is 0 Å². The summed E-state index contributed by atoms with van der Waals surface area (Å²) in [6.07, 6.45) is 0.899. The van der Waals surface area contributed by atoms with Crippen molar-refractivity contribution in [1.82, 2.24) is 9.97 Å². The Bertz CT molecular complexity index is 524. The van der Waals surface area contributed by atoms with Crippen LogP contribution in [0.1, 0.15) is 26.0 Å². The number of nitrogens with zero attached hydrogens (tertiary/aromatic N) is 3. The fourth-order valence-corrected chi connectivity index (χ4v) is 1.89. The van der Waals surface area contributed by atoms with E-state index in [1.54, 1.807) is 0 Å². The van der Waals surface area contributed by atoms with E-state index in [1.807, 2.05) is 31.5 Å². The molecule has 15 heavy (non-hydrogen) atoms. The second-order valence-corrected chi connectivity index (χ2v) is 4.20. The Kier molecular flexibility index (Phi) is 2.48. The first-order valence-corrected chi connectivity index (χ1v) is 5.21. The second kappa shape index (κ2) is 3.66. The minimum absolute atomic E-state index is 0.591. The summed E-state index contributed by atoms with van der Waals surface area (Å²) in [5.74, 6) is 0.703. The molecule has 4 nitrogen and oxygen atoms in total. The van der Waals surface area contributed by atoms with Gasteiger partial charge in [-0.15, -0.1) is 9.79 Å². The summed E-state index contributed by atoms with van der Waals surface area (Å²) in [6, 6.07) is 1.83. The number of H-pyrrole nitrogens is 1. The number of rotatable bonds is 1. The van der Waals surface area contributed by atoms with Crippen LogP contribution in [0.5, 0.6) is 0 Å². The number of aromatic amines is 1. The van der Waals surface area contributed by atoms with E-state index in [9.17, 15) is 0 Å². The summed E-state index contributed by atoms with van der Waals surface area (Å²) in [5.41, 5.74) is 3.25. The number of aromatic nitrogens is 2. The van der Waals surface area contributed by atoms with Gasteiger partial charge >= 0.3 is 5.95 Å². The van der Waals surface area contributed by atoms with Gasteiger partial charge in [-0.2, -0.15) is 0 Å². The van der Waals surface area contributed by atoms with Crippen LogP contribution in [0.15, 0.2) is 11.2 Å². The molecule has 0 saturated carbocycles. The van der Waals surface area contributed by atoms with E-state index < -0.39 is 0 Å². The monoisotopic (exact) mass is 221 g/mol. The molecule has 1 aliphatic heterocycles. The highest BCUT2D eigenvalue weighted by Gasteiger charge is 2.19. The van der Waals surface area contributed by atoms with Gasteiger partial charge in [0.1, 0.15) is 0 Å². The van der Waals surface area contributed by atoms with Crippen LogP contribution in [0.4, 0.5) is 5.95 Å². The summed E-state index contributed by atoms with van der Waals surface area (Å²) in [4.78, 5) is 7.42. The topological polar surface area (TPSA) is 44.0 Å². The first kappa shape index (κ1) is 10.2. The number of hydrogen-bond donors (Lipinski definition) is 1. The first-order valence-electron chi connectivity index (χ1n) is 4.81. The molecular weight excluding hydrogens is 208 g/mol. The van der Waals surface area contributed by atoms with E-state index in [0.717, 1.165) is 23.5 Å². The predicted molar refractivity (Wildman–Crippen MR) is 62.5 cm³/mol. The highest BCUT2D eigenvalue weighted by Crippen LogP contribution is 2.12.